The van der Waals surface area contributed by atoms with Crippen LogP contribution in [0.1, 0.15) is 32.3 Å². The van der Waals surface area contributed by atoms with Crippen molar-refractivity contribution in [3.05, 3.63) is 72.6 Å². The van der Waals surface area contributed by atoms with E-state index in [2.05, 4.69) is 30.2 Å². The minimum Gasteiger partial charge on any atom is -0.472 e. The van der Waals surface area contributed by atoms with Gasteiger partial charge >= 0.3 is 6.18 Å². The second-order valence-electron chi connectivity index (χ2n) is 8.73. The summed E-state index contributed by atoms with van der Waals surface area (Å²) in [6.45, 7) is 7.29. The predicted octanol–water partition coefficient (Wildman–Crippen LogP) is 6.24. The van der Waals surface area contributed by atoms with Crippen LogP contribution in [-0.4, -0.2) is 30.5 Å². The van der Waals surface area contributed by atoms with Gasteiger partial charge in [-0.2, -0.15) is 13.2 Å². The first-order valence-electron chi connectivity index (χ1n) is 10.7. The molecule has 0 unspecified atom stereocenters. The lowest BCUT2D eigenvalue weighted by molar-refractivity contribution is -0.140. The maximum atomic E-state index is 13.7. The van der Waals surface area contributed by atoms with Crippen molar-refractivity contribution in [2.45, 2.75) is 39.5 Å². The van der Waals surface area contributed by atoms with Crippen molar-refractivity contribution < 1.29 is 17.9 Å². The first kappa shape index (κ1) is 24.1. The van der Waals surface area contributed by atoms with Crippen LogP contribution in [0.25, 0.3) is 22.4 Å². The molecule has 0 spiro atoms. The highest BCUT2D eigenvalue weighted by Crippen LogP contribution is 2.37. The Kier molecular flexibility index (Phi) is 6.38. The third-order valence-electron chi connectivity index (χ3n) is 4.69. The third kappa shape index (κ3) is 6.08. The molecule has 0 saturated carbocycles. The molecule has 0 aliphatic carbocycles. The van der Waals surface area contributed by atoms with Gasteiger partial charge in [0.15, 0.2) is 5.69 Å². The molecule has 0 atom stereocenters. The van der Waals surface area contributed by atoms with Gasteiger partial charge in [0.05, 0.1) is 5.69 Å². The Morgan fingerprint density at radius 2 is 1.57 bits per heavy atom. The van der Waals surface area contributed by atoms with Gasteiger partial charge in [-0.15, -0.1) is 0 Å². The average molecular weight is 480 g/mol. The smallest absolute Gasteiger partial charge is 0.434 e. The van der Waals surface area contributed by atoms with Crippen LogP contribution < -0.4 is 10.1 Å². The van der Waals surface area contributed by atoms with E-state index >= 15 is 0 Å². The molecule has 1 N–H and O–H groups in total. The molecular weight excluding hydrogens is 457 g/mol. The molecule has 35 heavy (non-hydrogen) atoms. The topological polar surface area (TPSA) is 85.7 Å². The van der Waals surface area contributed by atoms with E-state index in [1.165, 1.54) is 12.1 Å². The monoisotopic (exact) mass is 480 g/mol. The van der Waals surface area contributed by atoms with Crippen LogP contribution in [-0.2, 0) is 6.18 Å². The van der Waals surface area contributed by atoms with E-state index in [0.29, 0.717) is 28.6 Å². The summed E-state index contributed by atoms with van der Waals surface area (Å²) < 4.78 is 46.9. The van der Waals surface area contributed by atoms with E-state index in [1.54, 1.807) is 49.6 Å². The molecule has 7 nitrogen and oxygen atoms in total. The number of anilines is 2. The van der Waals surface area contributed by atoms with Crippen molar-refractivity contribution in [3.8, 4) is 28.3 Å². The molecule has 0 amide bonds. The highest BCUT2D eigenvalue weighted by molar-refractivity contribution is 5.74. The molecule has 0 radical (unpaired) electrons. The van der Waals surface area contributed by atoms with Crippen molar-refractivity contribution in [2.75, 3.05) is 5.32 Å². The fraction of sp³-hybridized carbons (Fsp3) is 0.240. The molecule has 4 aromatic rings. The lowest BCUT2D eigenvalue weighted by atomic mass is 10.0. The Bertz CT molecular complexity index is 1350. The quantitative estimate of drug-likeness (QED) is 0.362. The second-order valence-corrected chi connectivity index (χ2v) is 8.73. The molecule has 4 aromatic heterocycles. The van der Waals surface area contributed by atoms with Gasteiger partial charge in [-0.05, 0) is 75.2 Å². The number of aromatic nitrogens is 5. The van der Waals surface area contributed by atoms with Gasteiger partial charge in [0.25, 0.3) is 0 Å². The van der Waals surface area contributed by atoms with Gasteiger partial charge in [-0.1, -0.05) is 0 Å². The fourth-order valence-corrected chi connectivity index (χ4v) is 3.35. The summed E-state index contributed by atoms with van der Waals surface area (Å²) in [4.78, 5) is 20.6. The molecule has 10 heteroatoms. The zero-order chi connectivity index (χ0) is 25.2. The van der Waals surface area contributed by atoms with Gasteiger partial charge in [0, 0.05) is 30.2 Å². The van der Waals surface area contributed by atoms with E-state index < -0.39 is 17.5 Å². The lowest BCUT2D eigenvalue weighted by Crippen LogP contribution is -2.23. The van der Waals surface area contributed by atoms with E-state index in [-0.39, 0.29) is 17.1 Å². The van der Waals surface area contributed by atoms with Crippen LogP contribution >= 0.6 is 0 Å². The first-order valence-corrected chi connectivity index (χ1v) is 10.7. The summed E-state index contributed by atoms with van der Waals surface area (Å²) in [5, 5.41) is 3.12. The van der Waals surface area contributed by atoms with Crippen molar-refractivity contribution in [1.82, 2.24) is 24.9 Å². The number of hydrogen-bond acceptors (Lipinski definition) is 7. The Labute approximate surface area is 200 Å². The van der Waals surface area contributed by atoms with E-state index in [9.17, 15) is 13.2 Å². The minimum absolute atomic E-state index is 0.0971. The van der Waals surface area contributed by atoms with Crippen molar-refractivity contribution in [3.63, 3.8) is 0 Å². The number of alkyl halides is 3. The zero-order valence-electron chi connectivity index (χ0n) is 19.6. The van der Waals surface area contributed by atoms with E-state index in [1.807, 2.05) is 20.8 Å². The number of aryl methyl sites for hydroxylation is 1. The highest BCUT2D eigenvalue weighted by Gasteiger charge is 2.36. The van der Waals surface area contributed by atoms with Crippen LogP contribution in [0.2, 0.25) is 0 Å². The predicted molar refractivity (Wildman–Crippen MR) is 126 cm³/mol. The Morgan fingerprint density at radius 1 is 0.800 bits per heavy atom. The summed E-state index contributed by atoms with van der Waals surface area (Å²) in [6.07, 6.45) is -0.297. The number of pyridine rings is 3. The molecule has 4 rings (SSSR count). The van der Waals surface area contributed by atoms with Crippen LogP contribution in [0.15, 0.2) is 61.1 Å². The Morgan fingerprint density at radius 3 is 2.29 bits per heavy atom. The normalized spacial score (nSPS) is 11.9. The summed E-state index contributed by atoms with van der Waals surface area (Å²) in [5.41, 5.74) is -0.351. The Hall–Kier alpha value is -4.08. The summed E-state index contributed by atoms with van der Waals surface area (Å²) in [5.74, 6) is 1.87. The third-order valence-corrected chi connectivity index (χ3v) is 4.69. The summed E-state index contributed by atoms with van der Waals surface area (Å²) in [7, 11) is 0. The van der Waals surface area contributed by atoms with Crippen molar-refractivity contribution in [1.29, 1.82) is 0 Å². The van der Waals surface area contributed by atoms with Crippen LogP contribution in [0.3, 0.4) is 0 Å². The van der Waals surface area contributed by atoms with Gasteiger partial charge in [-0.25, -0.2) is 19.9 Å². The van der Waals surface area contributed by atoms with E-state index in [0.717, 1.165) is 6.20 Å². The fourth-order valence-electron chi connectivity index (χ4n) is 3.35. The molecule has 0 fully saturated rings. The van der Waals surface area contributed by atoms with Crippen LogP contribution in [0.5, 0.6) is 5.88 Å². The van der Waals surface area contributed by atoms with Gasteiger partial charge in [-0.3, -0.25) is 4.98 Å². The van der Waals surface area contributed by atoms with Crippen molar-refractivity contribution >= 4 is 11.6 Å². The van der Waals surface area contributed by atoms with Crippen LogP contribution in [0, 0.1) is 6.92 Å². The van der Waals surface area contributed by atoms with Gasteiger partial charge < -0.3 is 10.1 Å². The standard InChI is InChI=1S/C25H23F3N6O/c1-15-29-11-8-20(32-15)34-21-13-16(7-10-30-21)17-12-19(33-22(14-17)35-24(2,3)4)18-6-5-9-31-23(18)25(26,27)28/h5-14H,1-4H3,(H,29,30,32,34). The molecule has 0 aliphatic heterocycles. The van der Waals surface area contributed by atoms with Crippen LogP contribution in [0.4, 0.5) is 24.8 Å². The maximum absolute atomic E-state index is 13.7. The van der Waals surface area contributed by atoms with Crippen molar-refractivity contribution in [2.24, 2.45) is 0 Å². The molecule has 4 heterocycles. The lowest BCUT2D eigenvalue weighted by Gasteiger charge is -2.22. The molecule has 0 saturated heterocycles. The minimum atomic E-state index is -4.64. The molecular formula is C25H23F3N6O. The largest absolute Gasteiger partial charge is 0.472 e. The highest BCUT2D eigenvalue weighted by atomic mass is 19.4. The second kappa shape index (κ2) is 9.28. The zero-order valence-corrected chi connectivity index (χ0v) is 19.6. The number of rotatable bonds is 5. The Balaban J connectivity index is 1.81. The maximum Gasteiger partial charge on any atom is 0.434 e. The summed E-state index contributed by atoms with van der Waals surface area (Å²) >= 11 is 0. The molecule has 0 aromatic carbocycles. The van der Waals surface area contributed by atoms with Gasteiger partial charge in [0.2, 0.25) is 5.88 Å². The number of nitrogens with zero attached hydrogens (tertiary/aromatic N) is 5. The first-order chi connectivity index (χ1) is 16.5. The molecule has 180 valence electrons. The molecule has 0 bridgehead atoms. The summed E-state index contributed by atoms with van der Waals surface area (Å²) in [6, 6.07) is 11.3. The molecule has 0 aliphatic rings. The number of nitrogens with one attached hydrogen (secondary N) is 1. The number of hydrogen-bond donors (Lipinski definition) is 1. The number of halogens is 3. The number of ether oxygens (including phenoxy) is 1. The van der Waals surface area contributed by atoms with E-state index in [4.69, 9.17) is 4.74 Å². The SMILES string of the molecule is Cc1nccc(Nc2cc(-c3cc(OC(C)(C)C)nc(-c4cccnc4C(F)(F)F)c3)ccn2)n1. The average Bonchev–Trinajstić information content (AvgIpc) is 2.77. The van der Waals surface area contributed by atoms with Gasteiger partial charge in [0.1, 0.15) is 23.1 Å².